The largest absolute Gasteiger partial charge is 0.490 e. The Hall–Kier alpha value is -4.07. The number of nitrogens with one attached hydrogen (secondary N) is 1. The van der Waals surface area contributed by atoms with E-state index in [1.807, 2.05) is 29.2 Å². The second-order valence-corrected chi connectivity index (χ2v) is 11.7. The third-order valence-electron chi connectivity index (χ3n) is 8.36. The second kappa shape index (κ2) is 11.2. The molecule has 0 bridgehead atoms. The lowest BCUT2D eigenvalue weighted by molar-refractivity contribution is -0.135. The van der Waals surface area contributed by atoms with E-state index >= 15 is 0 Å². The number of aliphatic hydroxyl groups excluding tert-OH is 2. The summed E-state index contributed by atoms with van der Waals surface area (Å²) in [6.45, 7) is -0.765. The van der Waals surface area contributed by atoms with Crippen molar-refractivity contribution in [1.29, 1.82) is 0 Å². The van der Waals surface area contributed by atoms with Crippen LogP contribution in [0.25, 0.3) is 0 Å². The number of nitrogens with zero attached hydrogens (tertiary/aromatic N) is 3. The second-order valence-electron chi connectivity index (χ2n) is 10.8. The van der Waals surface area contributed by atoms with Crippen LogP contribution >= 0.6 is 23.2 Å². The Morgan fingerprint density at radius 2 is 1.95 bits per heavy atom. The zero-order valence-electron chi connectivity index (χ0n) is 23.1. The number of amides is 2. The van der Waals surface area contributed by atoms with Crippen molar-refractivity contribution in [2.45, 2.75) is 29.9 Å². The van der Waals surface area contributed by atoms with Gasteiger partial charge in [-0.3, -0.25) is 9.59 Å². The van der Waals surface area contributed by atoms with Crippen LogP contribution < -0.4 is 10.1 Å². The molecule has 1 fully saturated rings. The molecule has 3 N–H and O–H groups in total. The van der Waals surface area contributed by atoms with Crippen LogP contribution in [0.4, 0.5) is 5.69 Å². The molecule has 1 saturated heterocycles. The third-order valence-corrected chi connectivity index (χ3v) is 8.83. The molecular weight excluding hydrogens is 591 g/mol. The Morgan fingerprint density at radius 1 is 1.16 bits per heavy atom. The lowest BCUT2D eigenvalue weighted by atomic mass is 9.58. The molecular formula is C32H28Cl2N4O5. The molecule has 0 saturated carbocycles. The molecule has 3 aliphatic heterocycles. The highest BCUT2D eigenvalue weighted by Crippen LogP contribution is 2.61. The normalized spacial score (nSPS) is 23.3. The van der Waals surface area contributed by atoms with Crippen LogP contribution in [0.5, 0.6) is 5.75 Å². The van der Waals surface area contributed by atoms with Crippen LogP contribution in [-0.4, -0.2) is 70.7 Å². The first kappa shape index (κ1) is 29.0. The molecule has 1 spiro atoms. The Labute approximate surface area is 258 Å². The number of hydrogen-bond acceptors (Lipinski definition) is 7. The predicted octanol–water partition coefficient (Wildman–Crippen LogP) is 3.91. The van der Waals surface area contributed by atoms with Gasteiger partial charge in [0, 0.05) is 46.2 Å². The van der Waals surface area contributed by atoms with Gasteiger partial charge in [-0.05, 0) is 53.6 Å². The molecule has 9 nitrogen and oxygen atoms in total. The highest BCUT2D eigenvalue weighted by atomic mass is 35.5. The molecule has 4 atom stereocenters. The summed E-state index contributed by atoms with van der Waals surface area (Å²) in [6.07, 6.45) is 5.02. The molecule has 3 aromatic carbocycles. The van der Waals surface area contributed by atoms with Crippen molar-refractivity contribution in [2.24, 2.45) is 5.10 Å². The molecule has 0 aromatic heterocycles. The number of carbonyl (C=O) groups excluding carboxylic acids is 2. The molecule has 3 aliphatic rings. The summed E-state index contributed by atoms with van der Waals surface area (Å²) in [5.41, 5.74) is 1.77. The van der Waals surface area contributed by atoms with Crippen LogP contribution in [-0.2, 0) is 15.0 Å². The van der Waals surface area contributed by atoms with Crippen molar-refractivity contribution >= 4 is 46.5 Å². The zero-order valence-corrected chi connectivity index (χ0v) is 24.6. The third kappa shape index (κ3) is 4.81. The maximum absolute atomic E-state index is 14.7. The molecule has 0 aliphatic carbocycles. The fraction of sp³-hybridized carbons (Fsp3) is 0.281. The van der Waals surface area contributed by atoms with Gasteiger partial charge in [0.2, 0.25) is 5.91 Å². The summed E-state index contributed by atoms with van der Waals surface area (Å²) in [5, 5.41) is 29.6. The average Bonchev–Trinajstić information content (AvgIpc) is 3.27. The number of anilines is 1. The summed E-state index contributed by atoms with van der Waals surface area (Å²) in [6, 6.07) is 16.9. The number of carbonyl (C=O) groups is 2. The lowest BCUT2D eigenvalue weighted by Crippen LogP contribution is -2.61. The van der Waals surface area contributed by atoms with E-state index in [4.69, 9.17) is 34.4 Å². The van der Waals surface area contributed by atoms with Crippen LogP contribution in [0, 0.1) is 12.3 Å². The van der Waals surface area contributed by atoms with Gasteiger partial charge >= 0.3 is 0 Å². The molecule has 3 heterocycles. The summed E-state index contributed by atoms with van der Waals surface area (Å²) in [5.74, 6) is 2.55. The minimum Gasteiger partial charge on any atom is -0.490 e. The summed E-state index contributed by atoms with van der Waals surface area (Å²) in [7, 11) is 1.60. The maximum Gasteiger partial charge on any atom is 0.262 e. The highest BCUT2D eigenvalue weighted by Gasteiger charge is 2.64. The monoisotopic (exact) mass is 618 g/mol. The number of rotatable bonds is 6. The molecule has 0 radical (unpaired) electrons. The molecule has 220 valence electrons. The fourth-order valence-corrected chi connectivity index (χ4v) is 6.86. The van der Waals surface area contributed by atoms with E-state index in [0.717, 1.165) is 5.56 Å². The lowest BCUT2D eigenvalue weighted by Gasteiger charge is -2.54. The van der Waals surface area contributed by atoms with Crippen LogP contribution in [0.2, 0.25) is 10.0 Å². The summed E-state index contributed by atoms with van der Waals surface area (Å²) >= 11 is 12.9. The number of amidine groups is 1. The first-order valence-electron chi connectivity index (χ1n) is 13.7. The highest BCUT2D eigenvalue weighted by molar-refractivity contribution is 6.31. The molecule has 1 unspecified atom stereocenters. The van der Waals surface area contributed by atoms with Crippen molar-refractivity contribution in [1.82, 2.24) is 9.91 Å². The Balaban J connectivity index is 1.69. The van der Waals surface area contributed by atoms with Crippen molar-refractivity contribution in [3.63, 3.8) is 0 Å². The van der Waals surface area contributed by atoms with Gasteiger partial charge in [-0.1, -0.05) is 47.3 Å². The Morgan fingerprint density at radius 3 is 2.70 bits per heavy atom. The minimum atomic E-state index is -1.33. The smallest absolute Gasteiger partial charge is 0.262 e. The van der Waals surface area contributed by atoms with Crippen molar-refractivity contribution in [3.8, 4) is 18.1 Å². The van der Waals surface area contributed by atoms with E-state index in [-0.39, 0.29) is 25.0 Å². The Kier molecular flexibility index (Phi) is 7.57. The van der Waals surface area contributed by atoms with E-state index < -0.39 is 30.1 Å². The molecule has 11 heteroatoms. The number of piperidine rings is 1. The van der Waals surface area contributed by atoms with Gasteiger partial charge < -0.3 is 25.2 Å². The number of benzene rings is 3. The van der Waals surface area contributed by atoms with Crippen LogP contribution in [0.15, 0.2) is 65.8 Å². The van der Waals surface area contributed by atoms with Crippen LogP contribution in [0.1, 0.15) is 40.6 Å². The number of likely N-dealkylation sites (N-methyl/N-ethyl adjacent to an activating group) is 1. The van der Waals surface area contributed by atoms with E-state index in [1.165, 1.54) is 5.01 Å². The standard InChI is InChI=1S/C32H28Cl2N4O5/c1-3-18-7-10-27(43-17-22(40)16-39)23(11-18)30-32(24-9-8-21(34)13-26(24)35-31(32)42)25(19-5-4-6-20(33)12-19)14-28-36-37(2)29(41)15-38(28)30/h1,4-13,22,25,30,39-40H,14-17H2,2H3,(H,35,42)/t22?,25-,30-,32-/m0/s1. The molecule has 6 rings (SSSR count). The number of aliphatic hydroxyl groups is 2. The van der Waals surface area contributed by atoms with Gasteiger partial charge in [0.15, 0.2) is 0 Å². The SMILES string of the molecule is C#Cc1ccc(OCC(O)CO)c([C@@H]2N3CC(=O)N(C)N=C3C[C@@H](c3cccc(Cl)c3)[C@]23C(=O)Nc2cc(Cl)ccc23)c1. The van der Waals surface area contributed by atoms with Gasteiger partial charge in [-0.25, -0.2) is 5.01 Å². The van der Waals surface area contributed by atoms with Gasteiger partial charge in [-0.15, -0.1) is 6.42 Å². The number of terminal acetylenes is 1. The van der Waals surface area contributed by atoms with E-state index in [9.17, 15) is 19.8 Å². The zero-order chi connectivity index (χ0) is 30.5. The van der Waals surface area contributed by atoms with Crippen molar-refractivity contribution in [3.05, 3.63) is 93.0 Å². The van der Waals surface area contributed by atoms with Gasteiger partial charge in [0.1, 0.15) is 36.3 Å². The summed E-state index contributed by atoms with van der Waals surface area (Å²) in [4.78, 5) is 29.7. The first-order valence-corrected chi connectivity index (χ1v) is 14.4. The van der Waals surface area contributed by atoms with Gasteiger partial charge in [0.25, 0.3) is 5.91 Å². The Bertz CT molecular complexity index is 1710. The van der Waals surface area contributed by atoms with E-state index in [2.05, 4.69) is 16.3 Å². The fourth-order valence-electron chi connectivity index (χ4n) is 6.49. The topological polar surface area (TPSA) is 115 Å². The maximum atomic E-state index is 14.7. The molecule has 3 aromatic rings. The van der Waals surface area contributed by atoms with E-state index in [0.29, 0.717) is 50.4 Å². The van der Waals surface area contributed by atoms with E-state index in [1.54, 1.807) is 43.4 Å². The minimum absolute atomic E-state index is 0.0563. The molecule has 2 amide bonds. The number of hydrazone groups is 1. The predicted molar refractivity (Wildman–Crippen MR) is 163 cm³/mol. The number of ether oxygens (including phenoxy) is 1. The van der Waals surface area contributed by atoms with Gasteiger partial charge in [-0.2, -0.15) is 5.10 Å². The average molecular weight is 620 g/mol. The quantitative estimate of drug-likeness (QED) is 0.361. The van der Waals surface area contributed by atoms with Gasteiger partial charge in [0.05, 0.1) is 12.6 Å². The van der Waals surface area contributed by atoms with Crippen molar-refractivity contribution < 1.29 is 24.5 Å². The first-order chi connectivity index (χ1) is 20.7. The summed E-state index contributed by atoms with van der Waals surface area (Å²) < 4.78 is 6.06. The number of fused-ring (bicyclic) bond motifs is 3. The van der Waals surface area contributed by atoms with Crippen molar-refractivity contribution in [2.75, 3.05) is 32.1 Å². The number of halogens is 2. The van der Waals surface area contributed by atoms with Crippen LogP contribution in [0.3, 0.4) is 0 Å². The number of hydrogen-bond donors (Lipinski definition) is 3. The molecule has 43 heavy (non-hydrogen) atoms.